The summed E-state index contributed by atoms with van der Waals surface area (Å²) < 4.78 is 44.1. The first-order chi connectivity index (χ1) is 23.1. The summed E-state index contributed by atoms with van der Waals surface area (Å²) in [5.74, 6) is -0.330. The third-order valence-corrected chi connectivity index (χ3v) is 12.4. The Labute approximate surface area is 282 Å². The van der Waals surface area contributed by atoms with Gasteiger partial charge in [0.15, 0.2) is 0 Å². The molecule has 4 aliphatic rings. The van der Waals surface area contributed by atoms with Gasteiger partial charge in [-0.2, -0.15) is 12.7 Å². The molecule has 0 atom stereocenters. The number of rotatable bonds is 6. The molecule has 256 valence electrons. The molecule has 0 radical (unpaired) electrons. The molecule has 9 nitrogen and oxygen atoms in total. The number of carbonyl (C=O) groups excluding carboxylic acids is 2. The third kappa shape index (κ3) is 6.32. The lowest BCUT2D eigenvalue weighted by molar-refractivity contribution is -0.128. The maximum absolute atomic E-state index is 14.3. The molecule has 0 unspecified atom stereocenters. The summed E-state index contributed by atoms with van der Waals surface area (Å²) in [5, 5.41) is 1.05. The zero-order chi connectivity index (χ0) is 33.6. The highest BCUT2D eigenvalue weighted by atomic mass is 32.2. The van der Waals surface area contributed by atoms with Gasteiger partial charge in [0.2, 0.25) is 0 Å². The van der Waals surface area contributed by atoms with Gasteiger partial charge in [0, 0.05) is 73.9 Å². The van der Waals surface area contributed by atoms with Crippen LogP contribution in [0.15, 0.2) is 48.0 Å². The average molecular weight is 676 g/mol. The first-order valence-corrected chi connectivity index (χ1v) is 18.9. The van der Waals surface area contributed by atoms with E-state index in [1.54, 1.807) is 12.1 Å². The van der Waals surface area contributed by atoms with Crippen LogP contribution >= 0.6 is 0 Å². The zero-order valence-electron chi connectivity index (χ0n) is 28.0. The number of alkyl halides is 1. The average Bonchev–Trinajstić information content (AvgIpc) is 3.30. The number of nitrogens with zero attached hydrogens (tertiary/aromatic N) is 4. The molecular formula is C37H46FN5O4S. The second-order valence-electron chi connectivity index (χ2n) is 14.1. The van der Waals surface area contributed by atoms with Crippen LogP contribution in [0.1, 0.15) is 85.2 Å². The lowest BCUT2D eigenvalue weighted by Gasteiger charge is -2.41. The fourth-order valence-electron chi connectivity index (χ4n) is 8.29. The molecule has 7 rings (SSSR count). The topological polar surface area (TPSA) is 95.0 Å². The van der Waals surface area contributed by atoms with Crippen molar-refractivity contribution in [1.82, 2.24) is 23.4 Å². The Balaban J connectivity index is 1.26. The van der Waals surface area contributed by atoms with Crippen LogP contribution in [-0.2, 0) is 21.5 Å². The van der Waals surface area contributed by atoms with E-state index in [9.17, 15) is 22.4 Å². The highest BCUT2D eigenvalue weighted by molar-refractivity contribution is 7.87. The molecule has 3 aromatic rings. The van der Waals surface area contributed by atoms with Gasteiger partial charge in [0.25, 0.3) is 11.8 Å². The standard InChI is InChI=1S/C37H46FN5O4S/c1-40(2)48(46,47)39-36(44)27-12-13-32-33(23-27)43-24-28(37(45)42-20-16-30(17-21-42)41-18-14-29(38)15-19-41)22-26-10-6-7-11-31(26)35(43)34(32)25-8-4-3-5-9-25/h6-7,10-13,22-23,25,29-30H,3-5,8-9,14-21,24H2,1-2H3,(H,39,44). The zero-order valence-corrected chi connectivity index (χ0v) is 28.8. The van der Waals surface area contributed by atoms with Crippen LogP contribution in [-0.4, -0.2) is 91.4 Å². The Bertz CT molecular complexity index is 1850. The largest absolute Gasteiger partial charge is 0.339 e. The highest BCUT2D eigenvalue weighted by Crippen LogP contribution is 2.46. The molecule has 4 heterocycles. The van der Waals surface area contributed by atoms with Crippen molar-refractivity contribution in [2.24, 2.45) is 0 Å². The summed E-state index contributed by atoms with van der Waals surface area (Å²) in [6.45, 7) is 3.24. The van der Waals surface area contributed by atoms with Gasteiger partial charge in [-0.25, -0.2) is 9.11 Å². The molecule has 1 saturated carbocycles. The van der Waals surface area contributed by atoms with Crippen molar-refractivity contribution in [3.05, 3.63) is 64.7 Å². The summed E-state index contributed by atoms with van der Waals surface area (Å²) in [6, 6.07) is 14.1. The second kappa shape index (κ2) is 13.4. The number of halogens is 1. The van der Waals surface area contributed by atoms with Crippen molar-refractivity contribution < 1.29 is 22.4 Å². The monoisotopic (exact) mass is 675 g/mol. The predicted octanol–water partition coefficient (Wildman–Crippen LogP) is 5.71. The normalized spacial score (nSPS) is 20.3. The molecular weight excluding hydrogens is 630 g/mol. The number of benzene rings is 2. The quantitative estimate of drug-likeness (QED) is 0.361. The molecule has 0 bridgehead atoms. The molecule has 3 aliphatic heterocycles. The molecule has 1 aromatic heterocycles. The number of fused-ring (bicyclic) bond motifs is 5. The minimum atomic E-state index is -3.97. The highest BCUT2D eigenvalue weighted by Gasteiger charge is 2.34. The number of hydrogen-bond acceptors (Lipinski definition) is 5. The van der Waals surface area contributed by atoms with Crippen LogP contribution in [0.25, 0.3) is 28.2 Å². The summed E-state index contributed by atoms with van der Waals surface area (Å²) in [6.07, 6.45) is 9.98. The molecule has 0 spiro atoms. The van der Waals surface area contributed by atoms with Gasteiger partial charge in [-0.1, -0.05) is 49.6 Å². The van der Waals surface area contributed by atoms with Crippen molar-refractivity contribution in [3.8, 4) is 11.3 Å². The number of nitrogens with one attached hydrogen (secondary N) is 1. The number of amides is 2. The second-order valence-corrected chi connectivity index (χ2v) is 16.0. The summed E-state index contributed by atoms with van der Waals surface area (Å²) >= 11 is 0. The van der Waals surface area contributed by atoms with Crippen LogP contribution in [0.3, 0.4) is 0 Å². The minimum Gasteiger partial charge on any atom is -0.339 e. The Hall–Kier alpha value is -3.54. The van der Waals surface area contributed by atoms with Gasteiger partial charge < -0.3 is 14.4 Å². The van der Waals surface area contributed by atoms with Crippen LogP contribution < -0.4 is 4.72 Å². The van der Waals surface area contributed by atoms with E-state index < -0.39 is 22.3 Å². The Morgan fingerprint density at radius 1 is 0.896 bits per heavy atom. The third-order valence-electron chi connectivity index (χ3n) is 11.0. The van der Waals surface area contributed by atoms with E-state index in [2.05, 4.69) is 26.3 Å². The summed E-state index contributed by atoms with van der Waals surface area (Å²) in [4.78, 5) is 32.0. The Morgan fingerprint density at radius 3 is 2.31 bits per heavy atom. The van der Waals surface area contributed by atoms with Crippen molar-refractivity contribution in [1.29, 1.82) is 0 Å². The van der Waals surface area contributed by atoms with Crippen molar-refractivity contribution >= 4 is 39.0 Å². The Morgan fingerprint density at radius 2 is 1.60 bits per heavy atom. The number of piperidine rings is 2. The van der Waals surface area contributed by atoms with Crippen LogP contribution in [0.2, 0.25) is 0 Å². The summed E-state index contributed by atoms with van der Waals surface area (Å²) in [5.41, 5.74) is 6.16. The van der Waals surface area contributed by atoms with E-state index >= 15 is 0 Å². The lowest BCUT2D eigenvalue weighted by Crippen LogP contribution is -2.49. The Kier molecular flexibility index (Phi) is 9.21. The molecule has 3 fully saturated rings. The molecule has 2 amide bonds. The van der Waals surface area contributed by atoms with E-state index in [0.29, 0.717) is 50.0 Å². The molecule has 48 heavy (non-hydrogen) atoms. The number of carbonyl (C=O) groups is 2. The van der Waals surface area contributed by atoms with Crippen LogP contribution in [0.5, 0.6) is 0 Å². The molecule has 1 aliphatic carbocycles. The van der Waals surface area contributed by atoms with E-state index in [0.717, 1.165) is 83.6 Å². The van der Waals surface area contributed by atoms with Gasteiger partial charge in [0.05, 0.1) is 12.2 Å². The van der Waals surface area contributed by atoms with Gasteiger partial charge in [0.1, 0.15) is 6.17 Å². The molecule has 1 N–H and O–H groups in total. The summed E-state index contributed by atoms with van der Waals surface area (Å²) in [7, 11) is -1.22. The number of hydrogen-bond donors (Lipinski definition) is 1. The maximum atomic E-state index is 14.3. The van der Waals surface area contributed by atoms with E-state index in [4.69, 9.17) is 0 Å². The fourth-order valence-corrected chi connectivity index (χ4v) is 8.82. The van der Waals surface area contributed by atoms with Crippen LogP contribution in [0, 0.1) is 0 Å². The first-order valence-electron chi connectivity index (χ1n) is 17.5. The maximum Gasteiger partial charge on any atom is 0.303 e. The molecule has 2 aromatic carbocycles. The van der Waals surface area contributed by atoms with Gasteiger partial charge in [-0.15, -0.1) is 0 Å². The molecule has 2 saturated heterocycles. The smallest absolute Gasteiger partial charge is 0.303 e. The van der Waals surface area contributed by atoms with E-state index in [1.165, 1.54) is 26.1 Å². The van der Waals surface area contributed by atoms with E-state index in [-0.39, 0.29) is 11.5 Å². The van der Waals surface area contributed by atoms with Crippen molar-refractivity contribution in [3.63, 3.8) is 0 Å². The fraction of sp³-hybridized carbons (Fsp3) is 0.514. The van der Waals surface area contributed by atoms with Crippen molar-refractivity contribution in [2.75, 3.05) is 40.3 Å². The first kappa shape index (κ1) is 33.0. The lowest BCUT2D eigenvalue weighted by atomic mass is 9.81. The predicted molar refractivity (Wildman–Crippen MR) is 187 cm³/mol. The SMILES string of the molecule is CN(C)S(=O)(=O)NC(=O)c1ccc2c(C3CCCCC3)c3n(c2c1)CC(C(=O)N1CCC(N2CCC(F)CC2)CC1)=Cc1ccccc1-3. The van der Waals surface area contributed by atoms with Gasteiger partial charge in [-0.05, 0) is 73.8 Å². The van der Waals surface area contributed by atoms with Gasteiger partial charge >= 0.3 is 10.2 Å². The van der Waals surface area contributed by atoms with Crippen LogP contribution in [0.4, 0.5) is 4.39 Å². The number of likely N-dealkylation sites (tertiary alicyclic amines) is 2. The van der Waals surface area contributed by atoms with Crippen molar-refractivity contribution in [2.45, 2.75) is 82.5 Å². The minimum absolute atomic E-state index is 0.0191. The van der Waals surface area contributed by atoms with Gasteiger partial charge in [-0.3, -0.25) is 9.59 Å². The number of aromatic nitrogens is 1. The molecule has 11 heteroatoms. The van der Waals surface area contributed by atoms with E-state index in [1.807, 2.05) is 29.2 Å².